The van der Waals surface area contributed by atoms with Crippen molar-refractivity contribution in [3.05, 3.63) is 178 Å². The molecule has 0 aromatic heterocycles. The minimum Gasteiger partial charge on any atom is -0.264 e. The van der Waals surface area contributed by atoms with E-state index in [1.54, 1.807) is 24.3 Å². The summed E-state index contributed by atoms with van der Waals surface area (Å²) in [6, 6.07) is 39.1. The van der Waals surface area contributed by atoms with Crippen LogP contribution in [0.3, 0.4) is 0 Å². The van der Waals surface area contributed by atoms with Crippen molar-refractivity contribution in [1.29, 1.82) is 0 Å². The molecule has 0 N–H and O–H groups in total. The van der Waals surface area contributed by atoms with E-state index in [-0.39, 0.29) is 68.5 Å². The van der Waals surface area contributed by atoms with Gasteiger partial charge >= 0.3 is 52.7 Å². The van der Waals surface area contributed by atoms with Crippen molar-refractivity contribution < 1.29 is 42.1 Å². The maximum atomic E-state index is 7.64. The Morgan fingerprint density at radius 2 is 0.660 bits per heavy atom. The number of rotatable bonds is 8. The number of nitrogens with zero attached hydrogens (tertiary/aromatic N) is 4. The van der Waals surface area contributed by atoms with Crippen molar-refractivity contribution in [3.63, 3.8) is 0 Å². The van der Waals surface area contributed by atoms with Crippen molar-refractivity contribution >= 4 is 43.1 Å². The third kappa shape index (κ3) is 17.0. The van der Waals surface area contributed by atoms with E-state index < -0.39 is 15.8 Å². The van der Waals surface area contributed by atoms with Crippen LogP contribution < -0.4 is 0 Å². The minimum absolute atomic E-state index is 0. The van der Waals surface area contributed by atoms with Crippen molar-refractivity contribution in [1.82, 2.24) is 0 Å². The predicted octanol–water partition coefficient (Wildman–Crippen LogP) is 11.9. The molecule has 10 heteroatoms. The molecule has 0 spiro atoms. The fourth-order valence-electron chi connectivity index (χ4n) is 5.02. The Balaban J connectivity index is 0. The molecule has 50 heavy (non-hydrogen) atoms. The average molecular weight is 1100 g/mol. The van der Waals surface area contributed by atoms with Gasteiger partial charge in [0.15, 0.2) is 23.7 Å². The molecular weight excluding hydrogens is 1050 g/mol. The van der Waals surface area contributed by atoms with Crippen LogP contribution in [0.2, 0.25) is 0 Å². The van der Waals surface area contributed by atoms with E-state index in [0.717, 1.165) is 12.3 Å². The van der Waals surface area contributed by atoms with Gasteiger partial charge in [-0.2, -0.15) is 0 Å². The fourth-order valence-corrected chi connectivity index (χ4v) is 14.5. The first-order valence-corrected chi connectivity index (χ1v) is 26.3. The Bertz CT molecular complexity index is 1510. The number of para-hydroxylation sites is 2. The zero-order valence-corrected chi connectivity index (χ0v) is 38.9. The zero-order valence-electron chi connectivity index (χ0n) is 30.4. The SMILES string of the molecule is [C-]#[N+]C(C[PH+](C)C)(c1ccccc1)[PH+](C)C.[C-]#[N+]C(C[PH+](C)C)(c1ccccc1)[PH+](C)C.[C-]#[N+]c1ccccc1.[C-]#[N+]c1ccccc1.[Pt+2].[Pt+2]. The number of hydrogen-bond donors (Lipinski definition) is 0. The maximum absolute atomic E-state index is 7.64. The topological polar surface area (TPSA) is 17.4 Å². The van der Waals surface area contributed by atoms with Crippen LogP contribution in [-0.4, -0.2) is 65.6 Å². The van der Waals surface area contributed by atoms with E-state index in [9.17, 15) is 0 Å². The van der Waals surface area contributed by atoms with Crippen molar-refractivity contribution in [2.24, 2.45) is 0 Å². The third-order valence-corrected chi connectivity index (χ3v) is 15.1. The van der Waals surface area contributed by atoms with Crippen LogP contribution in [0, 0.1) is 26.3 Å². The van der Waals surface area contributed by atoms with E-state index in [4.69, 9.17) is 26.3 Å². The summed E-state index contributed by atoms with van der Waals surface area (Å²) in [4.78, 5) is 14.5. The maximum Gasteiger partial charge on any atom is 2.00 e. The second kappa shape index (κ2) is 27.6. The number of hydrogen-bond acceptors (Lipinski definition) is 0. The van der Waals surface area contributed by atoms with Gasteiger partial charge < -0.3 is 0 Å². The quantitative estimate of drug-likeness (QED) is 0.124. The summed E-state index contributed by atoms with van der Waals surface area (Å²) in [5, 5.41) is -0.409. The summed E-state index contributed by atoms with van der Waals surface area (Å²) in [6.45, 7) is 46.7. The van der Waals surface area contributed by atoms with Gasteiger partial charge in [0.05, 0.1) is 66.8 Å². The molecule has 2 atom stereocenters. The molecule has 0 bridgehead atoms. The van der Waals surface area contributed by atoms with Crippen molar-refractivity contribution in [2.45, 2.75) is 10.6 Å². The molecular formula is C40H52N4P4Pt2+8. The smallest absolute Gasteiger partial charge is 0.264 e. The van der Waals surface area contributed by atoms with Gasteiger partial charge in [-0.25, -0.2) is 22.8 Å². The average Bonchev–Trinajstić information content (AvgIpc) is 3.11. The Hall–Kier alpha value is -2.06. The van der Waals surface area contributed by atoms with E-state index in [1.165, 1.54) is 11.1 Å². The largest absolute Gasteiger partial charge is 2.00 e. The normalized spacial score (nSPS) is 12.0. The Labute approximate surface area is 337 Å². The Morgan fingerprint density at radius 1 is 0.420 bits per heavy atom. The molecule has 0 fully saturated rings. The summed E-state index contributed by atoms with van der Waals surface area (Å²) >= 11 is 0. The molecule has 0 heterocycles. The molecule has 2 unspecified atom stereocenters. The van der Waals surface area contributed by atoms with E-state index >= 15 is 0 Å². The van der Waals surface area contributed by atoms with Crippen LogP contribution in [0.15, 0.2) is 121 Å². The van der Waals surface area contributed by atoms with Crippen molar-refractivity contribution in [3.8, 4) is 0 Å². The van der Waals surface area contributed by atoms with Crippen LogP contribution in [0.25, 0.3) is 19.4 Å². The number of benzene rings is 4. The Kier molecular flexibility index (Phi) is 27.6. The van der Waals surface area contributed by atoms with Crippen LogP contribution in [0.4, 0.5) is 11.4 Å². The van der Waals surface area contributed by atoms with Crippen LogP contribution >= 0.6 is 31.7 Å². The molecule has 4 rings (SSSR count). The van der Waals surface area contributed by atoms with E-state index in [0.29, 0.717) is 11.4 Å². The Morgan fingerprint density at radius 3 is 0.820 bits per heavy atom. The molecule has 0 radical (unpaired) electrons. The zero-order chi connectivity index (χ0) is 36.0. The standard InChI is InChI=1S/2C13H19NP2.2C7H5N.2Pt/c2*1-14-13(16(4)5,11-15(2)3)12-9-7-6-8-10-12;2*1-8-7-5-3-2-4-6-7;;/h2*6-10H,11H2,2-5H3;2*2-6H;;/q;;;;2*+2/p+4. The van der Waals surface area contributed by atoms with Crippen molar-refractivity contribution in [2.75, 3.05) is 65.6 Å². The predicted molar refractivity (Wildman–Crippen MR) is 225 cm³/mol. The van der Waals surface area contributed by atoms with E-state index in [2.05, 4.69) is 121 Å². The molecule has 0 aliphatic heterocycles. The summed E-state index contributed by atoms with van der Waals surface area (Å²) < 4.78 is 0. The monoisotopic (exact) mass is 1100 g/mol. The first-order valence-electron chi connectivity index (χ1n) is 15.8. The van der Waals surface area contributed by atoms with Gasteiger partial charge in [0.2, 0.25) is 0 Å². The van der Waals surface area contributed by atoms with Crippen LogP contribution in [0.1, 0.15) is 11.1 Å². The molecule has 0 saturated carbocycles. The molecule has 0 aliphatic rings. The molecule has 0 amide bonds. The molecule has 264 valence electrons. The van der Waals surface area contributed by atoms with Gasteiger partial charge in [0.25, 0.3) is 0 Å². The van der Waals surface area contributed by atoms with E-state index in [1.807, 2.05) is 48.5 Å². The third-order valence-electron chi connectivity index (χ3n) is 7.53. The summed E-state index contributed by atoms with van der Waals surface area (Å²) in [6.07, 6.45) is 2.15. The second-order valence-corrected chi connectivity index (χ2v) is 23.5. The molecule has 0 saturated heterocycles. The summed E-state index contributed by atoms with van der Waals surface area (Å²) in [5.74, 6) is 0. The van der Waals surface area contributed by atoms with Gasteiger partial charge in [-0.1, -0.05) is 97.1 Å². The van der Waals surface area contributed by atoms with Gasteiger partial charge in [-0.3, -0.25) is 9.69 Å². The van der Waals surface area contributed by atoms with Gasteiger partial charge in [-0.05, 0) is 24.3 Å². The molecule has 0 aliphatic carbocycles. The van der Waals surface area contributed by atoms with Gasteiger partial charge in [0.1, 0.15) is 0 Å². The van der Waals surface area contributed by atoms with Crippen LogP contribution in [-0.2, 0) is 52.7 Å². The molecule has 4 aromatic rings. The molecule has 4 aromatic carbocycles. The second-order valence-electron chi connectivity index (χ2n) is 12.3. The minimum atomic E-state index is -0.659. The van der Waals surface area contributed by atoms with Crippen LogP contribution in [0.5, 0.6) is 0 Å². The summed E-state index contributed by atoms with van der Waals surface area (Å²) in [5.41, 5.74) is 3.87. The first-order chi connectivity index (χ1) is 22.9. The fraction of sp³-hybridized carbons (Fsp3) is 0.300. The molecule has 4 nitrogen and oxygen atoms in total. The van der Waals surface area contributed by atoms with Gasteiger partial charge in [0, 0.05) is 42.5 Å². The summed E-state index contributed by atoms with van der Waals surface area (Å²) in [7, 11) is -2.08. The first kappa shape index (κ1) is 50.0. The van der Waals surface area contributed by atoms with Gasteiger partial charge in [-0.15, -0.1) is 0 Å².